The van der Waals surface area contributed by atoms with Crippen LogP contribution in [0.3, 0.4) is 0 Å². The zero-order chi connectivity index (χ0) is 19.8. The van der Waals surface area contributed by atoms with Gasteiger partial charge in [-0.15, -0.1) is 11.8 Å². The predicted molar refractivity (Wildman–Crippen MR) is 111 cm³/mol. The molecule has 0 aliphatic heterocycles. The summed E-state index contributed by atoms with van der Waals surface area (Å²) in [5.41, 5.74) is 1.61. The Kier molecular flexibility index (Phi) is 7.25. The van der Waals surface area contributed by atoms with E-state index < -0.39 is 10.9 Å². The SMILES string of the molecule is O=C(C=Cc1ccccc1)OCc1cc([N+](=O)[O-])ccc1SC1CCCCC1. The van der Waals surface area contributed by atoms with Gasteiger partial charge in [-0.05, 0) is 30.5 Å². The van der Waals surface area contributed by atoms with Crippen LogP contribution in [0.5, 0.6) is 0 Å². The van der Waals surface area contributed by atoms with Crippen molar-refractivity contribution in [2.45, 2.75) is 48.9 Å². The summed E-state index contributed by atoms with van der Waals surface area (Å²) >= 11 is 1.74. The Bertz CT molecular complexity index is 845. The molecule has 1 aliphatic rings. The van der Waals surface area contributed by atoms with Crippen LogP contribution < -0.4 is 0 Å². The van der Waals surface area contributed by atoms with E-state index in [1.807, 2.05) is 30.3 Å². The van der Waals surface area contributed by atoms with E-state index in [2.05, 4.69) is 0 Å². The Balaban J connectivity index is 1.67. The van der Waals surface area contributed by atoms with Gasteiger partial charge >= 0.3 is 5.97 Å². The van der Waals surface area contributed by atoms with Crippen LogP contribution in [-0.2, 0) is 16.1 Å². The summed E-state index contributed by atoms with van der Waals surface area (Å²) in [5, 5.41) is 11.6. The van der Waals surface area contributed by atoms with Crippen molar-refractivity contribution in [3.05, 3.63) is 75.8 Å². The van der Waals surface area contributed by atoms with Crippen LogP contribution in [0.4, 0.5) is 5.69 Å². The van der Waals surface area contributed by atoms with Gasteiger partial charge in [-0.1, -0.05) is 49.6 Å². The molecule has 3 rings (SSSR count). The lowest BCUT2D eigenvalue weighted by Gasteiger charge is -2.22. The Labute approximate surface area is 168 Å². The quantitative estimate of drug-likeness (QED) is 0.256. The standard InChI is InChI=1S/C22H23NO4S/c24-22(14-11-17-7-3-1-4-8-17)27-16-18-15-19(23(25)26)12-13-21(18)28-20-9-5-2-6-10-20/h1,3-4,7-8,11-15,20H,2,5-6,9-10,16H2. The van der Waals surface area contributed by atoms with Crippen molar-refractivity contribution in [3.63, 3.8) is 0 Å². The average Bonchev–Trinajstić information content (AvgIpc) is 2.73. The summed E-state index contributed by atoms with van der Waals surface area (Å²) in [6.07, 6.45) is 9.09. The molecule has 1 aliphatic carbocycles. The number of non-ortho nitro benzene ring substituents is 1. The summed E-state index contributed by atoms with van der Waals surface area (Å²) in [5.74, 6) is -0.469. The van der Waals surface area contributed by atoms with Crippen LogP contribution in [0.25, 0.3) is 6.08 Å². The van der Waals surface area contributed by atoms with Crippen LogP contribution in [-0.4, -0.2) is 16.1 Å². The van der Waals surface area contributed by atoms with E-state index in [1.165, 1.54) is 37.5 Å². The van der Waals surface area contributed by atoms with E-state index in [1.54, 1.807) is 23.9 Å². The Morgan fingerprint density at radius 3 is 2.61 bits per heavy atom. The number of thioether (sulfide) groups is 1. The molecule has 2 aromatic carbocycles. The van der Waals surface area contributed by atoms with Gasteiger partial charge in [0.2, 0.25) is 0 Å². The van der Waals surface area contributed by atoms with E-state index >= 15 is 0 Å². The molecule has 0 radical (unpaired) electrons. The molecule has 0 saturated heterocycles. The monoisotopic (exact) mass is 397 g/mol. The summed E-state index contributed by atoms with van der Waals surface area (Å²) in [6, 6.07) is 14.3. The number of carbonyl (C=O) groups excluding carboxylic acids is 1. The van der Waals surface area contributed by atoms with Crippen LogP contribution in [0, 0.1) is 10.1 Å². The predicted octanol–water partition coefficient (Wildman–Crippen LogP) is 5.78. The van der Waals surface area contributed by atoms with Gasteiger partial charge in [-0.2, -0.15) is 0 Å². The second-order valence-corrected chi connectivity index (χ2v) is 8.12. The van der Waals surface area contributed by atoms with Crippen molar-refractivity contribution in [2.24, 2.45) is 0 Å². The molecule has 146 valence electrons. The highest BCUT2D eigenvalue weighted by Gasteiger charge is 2.18. The van der Waals surface area contributed by atoms with E-state index in [4.69, 9.17) is 4.74 Å². The van der Waals surface area contributed by atoms with Crippen LogP contribution in [0.1, 0.15) is 43.2 Å². The largest absolute Gasteiger partial charge is 0.458 e. The maximum absolute atomic E-state index is 12.1. The van der Waals surface area contributed by atoms with Gasteiger partial charge in [0.15, 0.2) is 0 Å². The number of hydrogen-bond acceptors (Lipinski definition) is 5. The maximum Gasteiger partial charge on any atom is 0.331 e. The second kappa shape index (κ2) is 10.1. The van der Waals surface area contributed by atoms with Crippen molar-refractivity contribution < 1.29 is 14.5 Å². The average molecular weight is 397 g/mol. The Morgan fingerprint density at radius 2 is 1.89 bits per heavy atom. The van der Waals surface area contributed by atoms with Gasteiger partial charge in [0.1, 0.15) is 6.61 Å². The molecule has 0 amide bonds. The zero-order valence-corrected chi connectivity index (χ0v) is 16.4. The molecule has 5 nitrogen and oxygen atoms in total. The summed E-state index contributed by atoms with van der Waals surface area (Å²) in [7, 11) is 0. The molecule has 2 aromatic rings. The first kappa shape index (κ1) is 20.1. The fraction of sp³-hybridized carbons (Fsp3) is 0.318. The fourth-order valence-corrected chi connectivity index (χ4v) is 4.54. The summed E-state index contributed by atoms with van der Waals surface area (Å²) < 4.78 is 5.35. The van der Waals surface area contributed by atoms with Crippen molar-refractivity contribution in [3.8, 4) is 0 Å². The minimum atomic E-state index is -0.469. The number of nitro benzene ring substituents is 1. The van der Waals surface area contributed by atoms with E-state index in [0.717, 1.165) is 23.3 Å². The number of nitrogens with zero attached hydrogens (tertiary/aromatic N) is 1. The zero-order valence-electron chi connectivity index (χ0n) is 15.6. The molecule has 6 heteroatoms. The molecule has 0 heterocycles. The fourth-order valence-electron chi connectivity index (χ4n) is 3.20. The minimum absolute atomic E-state index is 0.0128. The molecule has 1 saturated carbocycles. The Morgan fingerprint density at radius 1 is 1.14 bits per heavy atom. The normalized spacial score (nSPS) is 14.9. The van der Waals surface area contributed by atoms with Crippen molar-refractivity contribution in [2.75, 3.05) is 0 Å². The highest BCUT2D eigenvalue weighted by molar-refractivity contribution is 8.00. The second-order valence-electron chi connectivity index (χ2n) is 6.78. The lowest BCUT2D eigenvalue weighted by Crippen LogP contribution is -2.09. The van der Waals surface area contributed by atoms with Gasteiger partial charge in [0.05, 0.1) is 4.92 Å². The lowest BCUT2D eigenvalue weighted by molar-refractivity contribution is -0.385. The number of hydrogen-bond donors (Lipinski definition) is 0. The van der Waals surface area contributed by atoms with Crippen LogP contribution in [0.15, 0.2) is 59.5 Å². The molecular formula is C22H23NO4S. The van der Waals surface area contributed by atoms with Gasteiger partial charge in [0, 0.05) is 33.9 Å². The third-order valence-corrected chi connectivity index (χ3v) is 6.14. The van der Waals surface area contributed by atoms with Crippen molar-refractivity contribution in [1.29, 1.82) is 0 Å². The van der Waals surface area contributed by atoms with Crippen molar-refractivity contribution in [1.82, 2.24) is 0 Å². The molecule has 0 unspecified atom stereocenters. The molecule has 28 heavy (non-hydrogen) atoms. The maximum atomic E-state index is 12.1. The number of benzene rings is 2. The first-order chi connectivity index (χ1) is 13.6. The lowest BCUT2D eigenvalue weighted by atomic mass is 10.0. The van der Waals surface area contributed by atoms with Gasteiger partial charge in [-0.3, -0.25) is 10.1 Å². The summed E-state index contributed by atoms with van der Waals surface area (Å²) in [4.78, 5) is 23.7. The van der Waals surface area contributed by atoms with E-state index in [-0.39, 0.29) is 12.3 Å². The van der Waals surface area contributed by atoms with Gasteiger partial charge in [0.25, 0.3) is 5.69 Å². The third-order valence-electron chi connectivity index (χ3n) is 4.68. The van der Waals surface area contributed by atoms with E-state index in [9.17, 15) is 14.9 Å². The first-order valence-corrected chi connectivity index (χ1v) is 10.3. The molecular weight excluding hydrogens is 374 g/mol. The van der Waals surface area contributed by atoms with Gasteiger partial charge < -0.3 is 4.74 Å². The number of rotatable bonds is 7. The number of ether oxygens (including phenoxy) is 1. The van der Waals surface area contributed by atoms with Crippen LogP contribution in [0.2, 0.25) is 0 Å². The highest BCUT2D eigenvalue weighted by atomic mass is 32.2. The molecule has 0 aromatic heterocycles. The number of carbonyl (C=O) groups is 1. The third kappa shape index (κ3) is 5.96. The topological polar surface area (TPSA) is 69.4 Å². The molecule has 0 bridgehead atoms. The summed E-state index contributed by atoms with van der Waals surface area (Å²) in [6.45, 7) is 0.0225. The molecule has 0 atom stereocenters. The molecule has 0 spiro atoms. The minimum Gasteiger partial charge on any atom is -0.458 e. The smallest absolute Gasteiger partial charge is 0.331 e. The number of esters is 1. The van der Waals surface area contributed by atoms with Gasteiger partial charge in [-0.25, -0.2) is 4.79 Å². The Hall–Kier alpha value is -2.60. The van der Waals surface area contributed by atoms with E-state index in [0.29, 0.717) is 10.8 Å². The molecule has 1 fully saturated rings. The van der Waals surface area contributed by atoms with Crippen molar-refractivity contribution >= 4 is 29.5 Å². The first-order valence-electron chi connectivity index (χ1n) is 9.45. The number of nitro groups is 1. The molecule has 0 N–H and O–H groups in total. The van der Waals surface area contributed by atoms with Crippen LogP contribution >= 0.6 is 11.8 Å². The highest BCUT2D eigenvalue weighted by Crippen LogP contribution is 2.36.